The fourth-order valence-electron chi connectivity index (χ4n) is 4.04. The second kappa shape index (κ2) is 10.8. The van der Waals surface area contributed by atoms with Crippen molar-refractivity contribution in [1.82, 2.24) is 10.2 Å². The summed E-state index contributed by atoms with van der Waals surface area (Å²) in [5.74, 6) is 1.03. The number of methoxy groups -OCH3 is 2. The van der Waals surface area contributed by atoms with Crippen molar-refractivity contribution in [3.8, 4) is 11.5 Å². The summed E-state index contributed by atoms with van der Waals surface area (Å²) in [7, 11) is 3.20. The number of hydrogen-bond donors (Lipinski definition) is 1. The highest BCUT2D eigenvalue weighted by Crippen LogP contribution is 2.31. The van der Waals surface area contributed by atoms with Crippen LogP contribution in [0.25, 0.3) is 0 Å². The van der Waals surface area contributed by atoms with Crippen molar-refractivity contribution in [3.63, 3.8) is 0 Å². The van der Waals surface area contributed by atoms with E-state index >= 15 is 0 Å². The van der Waals surface area contributed by atoms with Crippen LogP contribution in [0.3, 0.4) is 0 Å². The van der Waals surface area contributed by atoms with Crippen LogP contribution < -0.4 is 14.8 Å². The van der Waals surface area contributed by atoms with E-state index in [4.69, 9.17) is 21.1 Å². The van der Waals surface area contributed by atoms with E-state index in [1.165, 1.54) is 6.07 Å². The van der Waals surface area contributed by atoms with Crippen LogP contribution in [-0.2, 0) is 11.3 Å². The average Bonchev–Trinajstić information content (AvgIpc) is 2.79. The highest BCUT2D eigenvalue weighted by molar-refractivity contribution is 6.31. The Hall–Kier alpha value is -2.31. The summed E-state index contributed by atoms with van der Waals surface area (Å²) in [6.45, 7) is 3.97. The van der Waals surface area contributed by atoms with Crippen LogP contribution >= 0.6 is 11.6 Å². The molecular formula is C24H30ClFN2O3. The molecule has 0 unspecified atom stereocenters. The number of amides is 1. The summed E-state index contributed by atoms with van der Waals surface area (Å²) in [6.07, 6.45) is 2.24. The minimum Gasteiger partial charge on any atom is -0.493 e. The Morgan fingerprint density at radius 3 is 2.52 bits per heavy atom. The molecule has 0 aliphatic carbocycles. The molecule has 31 heavy (non-hydrogen) atoms. The lowest BCUT2D eigenvalue weighted by atomic mass is 9.94. The van der Waals surface area contributed by atoms with Crippen molar-refractivity contribution in [2.45, 2.75) is 38.8 Å². The van der Waals surface area contributed by atoms with Gasteiger partial charge in [0.15, 0.2) is 11.5 Å². The van der Waals surface area contributed by atoms with Crippen molar-refractivity contribution in [3.05, 3.63) is 58.4 Å². The molecule has 1 amide bonds. The van der Waals surface area contributed by atoms with E-state index in [9.17, 15) is 9.18 Å². The van der Waals surface area contributed by atoms with Crippen LogP contribution in [0.2, 0.25) is 5.02 Å². The molecule has 1 aliphatic rings. The first kappa shape index (κ1) is 23.4. The molecule has 7 heteroatoms. The zero-order valence-corrected chi connectivity index (χ0v) is 19.0. The largest absolute Gasteiger partial charge is 0.493 e. The molecule has 2 aromatic rings. The Balaban J connectivity index is 1.57. The maximum atomic E-state index is 14.1. The monoisotopic (exact) mass is 448 g/mol. The van der Waals surface area contributed by atoms with Crippen LogP contribution in [0.15, 0.2) is 36.4 Å². The molecule has 0 aromatic heterocycles. The third-order valence-corrected chi connectivity index (χ3v) is 6.29. The molecule has 1 aliphatic heterocycles. The number of ether oxygens (including phenoxy) is 2. The number of halogens is 2. The number of nitrogens with zero attached hydrogens (tertiary/aromatic N) is 1. The molecule has 1 heterocycles. The highest BCUT2D eigenvalue weighted by Gasteiger charge is 2.27. The van der Waals surface area contributed by atoms with Gasteiger partial charge in [-0.15, -0.1) is 0 Å². The number of hydrogen-bond acceptors (Lipinski definition) is 4. The molecule has 0 spiro atoms. The van der Waals surface area contributed by atoms with Gasteiger partial charge in [0, 0.05) is 23.0 Å². The summed E-state index contributed by atoms with van der Waals surface area (Å²) in [4.78, 5) is 15.1. The maximum Gasteiger partial charge on any atom is 0.223 e. The summed E-state index contributed by atoms with van der Waals surface area (Å²) in [5, 5.41) is 3.63. The third kappa shape index (κ3) is 5.69. The molecule has 0 radical (unpaired) electrons. The van der Waals surface area contributed by atoms with Gasteiger partial charge in [-0.1, -0.05) is 30.7 Å². The lowest BCUT2D eigenvalue weighted by Gasteiger charge is -2.32. The molecule has 0 saturated carbocycles. The number of piperidine rings is 1. The van der Waals surface area contributed by atoms with E-state index in [2.05, 4.69) is 10.2 Å². The van der Waals surface area contributed by atoms with Crippen LogP contribution in [0.1, 0.15) is 43.4 Å². The lowest BCUT2D eigenvalue weighted by molar-refractivity contribution is -0.127. The molecule has 1 saturated heterocycles. The number of nitrogens with one attached hydrogen (secondary N) is 1. The Labute approximate surface area is 188 Å². The van der Waals surface area contributed by atoms with Gasteiger partial charge in [-0.2, -0.15) is 0 Å². The molecule has 1 fully saturated rings. The zero-order valence-electron chi connectivity index (χ0n) is 18.3. The fraction of sp³-hybridized carbons (Fsp3) is 0.458. The van der Waals surface area contributed by atoms with E-state index in [-0.39, 0.29) is 23.7 Å². The molecule has 1 N–H and O–H groups in total. The maximum absolute atomic E-state index is 14.1. The van der Waals surface area contributed by atoms with Crippen molar-refractivity contribution < 1.29 is 18.7 Å². The average molecular weight is 449 g/mol. The third-order valence-electron chi connectivity index (χ3n) is 5.94. The first-order valence-corrected chi connectivity index (χ1v) is 11.0. The second-order valence-corrected chi connectivity index (χ2v) is 8.24. The zero-order chi connectivity index (χ0) is 22.4. The van der Waals surface area contributed by atoms with E-state index < -0.39 is 0 Å². The Kier molecular flexibility index (Phi) is 8.15. The minimum absolute atomic E-state index is 0.0541. The van der Waals surface area contributed by atoms with Crippen LogP contribution in [0, 0.1) is 11.7 Å². The van der Waals surface area contributed by atoms with E-state index in [0.717, 1.165) is 37.9 Å². The standard InChI is InChI=1S/C24H30ClFN2O3/c1-4-21(17-8-9-22(30-2)23(14-17)31-3)27-24(29)16-10-12-28(13-11-16)15-18-19(25)6-5-7-20(18)26/h5-9,14,16,21H,4,10-13,15H2,1-3H3,(H,27,29)/t21-/m0/s1. The molecule has 168 valence electrons. The Morgan fingerprint density at radius 1 is 1.19 bits per heavy atom. The highest BCUT2D eigenvalue weighted by atomic mass is 35.5. The van der Waals surface area contributed by atoms with E-state index in [0.29, 0.717) is 28.6 Å². The molecular weight excluding hydrogens is 419 g/mol. The van der Waals surface area contributed by atoms with E-state index in [1.54, 1.807) is 26.4 Å². The van der Waals surface area contributed by atoms with Crippen LogP contribution in [0.5, 0.6) is 11.5 Å². The predicted octanol–water partition coefficient (Wildman–Crippen LogP) is 4.98. The molecule has 0 bridgehead atoms. The second-order valence-electron chi connectivity index (χ2n) is 7.83. The van der Waals surface area contributed by atoms with Gasteiger partial charge in [0.1, 0.15) is 5.82 Å². The fourth-order valence-corrected chi connectivity index (χ4v) is 4.26. The van der Waals surface area contributed by atoms with Gasteiger partial charge < -0.3 is 14.8 Å². The normalized spacial score (nSPS) is 16.0. The summed E-state index contributed by atoms with van der Waals surface area (Å²) in [6, 6.07) is 10.4. The molecule has 1 atom stereocenters. The summed E-state index contributed by atoms with van der Waals surface area (Å²) in [5.41, 5.74) is 1.51. The van der Waals surface area contributed by atoms with Crippen molar-refractivity contribution >= 4 is 17.5 Å². The van der Waals surface area contributed by atoms with Gasteiger partial charge in [0.05, 0.1) is 20.3 Å². The van der Waals surface area contributed by atoms with Gasteiger partial charge >= 0.3 is 0 Å². The first-order chi connectivity index (χ1) is 15.0. The lowest BCUT2D eigenvalue weighted by Crippen LogP contribution is -2.41. The van der Waals surface area contributed by atoms with Crippen LogP contribution in [0.4, 0.5) is 4.39 Å². The SMILES string of the molecule is CC[C@H](NC(=O)C1CCN(Cc2c(F)cccc2Cl)CC1)c1ccc(OC)c(OC)c1. The topological polar surface area (TPSA) is 50.8 Å². The quantitative estimate of drug-likeness (QED) is 0.619. The smallest absolute Gasteiger partial charge is 0.223 e. The number of benzene rings is 2. The van der Waals surface area contributed by atoms with E-state index in [1.807, 2.05) is 25.1 Å². The Morgan fingerprint density at radius 2 is 1.90 bits per heavy atom. The first-order valence-electron chi connectivity index (χ1n) is 10.6. The number of rotatable bonds is 8. The predicted molar refractivity (Wildman–Crippen MR) is 120 cm³/mol. The van der Waals surface area contributed by atoms with Crippen molar-refractivity contribution in [1.29, 1.82) is 0 Å². The van der Waals surface area contributed by atoms with Gasteiger partial charge in [0.25, 0.3) is 0 Å². The number of carbonyl (C=O) groups is 1. The molecule has 5 nitrogen and oxygen atoms in total. The molecule has 2 aromatic carbocycles. The van der Waals surface area contributed by atoms with Gasteiger partial charge in [-0.05, 0) is 62.2 Å². The van der Waals surface area contributed by atoms with Gasteiger partial charge in [-0.25, -0.2) is 4.39 Å². The Bertz CT molecular complexity index is 880. The van der Waals surface area contributed by atoms with Crippen molar-refractivity contribution in [2.75, 3.05) is 27.3 Å². The summed E-state index contributed by atoms with van der Waals surface area (Å²) < 4.78 is 24.8. The van der Waals surface area contributed by atoms with Gasteiger partial charge in [0.2, 0.25) is 5.91 Å². The number of likely N-dealkylation sites (tertiary alicyclic amines) is 1. The summed E-state index contributed by atoms with van der Waals surface area (Å²) >= 11 is 6.15. The number of carbonyl (C=O) groups excluding carboxylic acids is 1. The van der Waals surface area contributed by atoms with Crippen LogP contribution in [-0.4, -0.2) is 38.1 Å². The van der Waals surface area contributed by atoms with Gasteiger partial charge in [-0.3, -0.25) is 9.69 Å². The van der Waals surface area contributed by atoms with Crippen molar-refractivity contribution in [2.24, 2.45) is 5.92 Å². The minimum atomic E-state index is -0.284. The molecule has 3 rings (SSSR count).